The number of hydrogen-bond acceptors (Lipinski definition) is 4. The predicted molar refractivity (Wildman–Crippen MR) is 86.0 cm³/mol. The largest absolute Gasteiger partial charge is 0.399 e. The van der Waals surface area contributed by atoms with E-state index in [9.17, 15) is 4.79 Å². The Balaban J connectivity index is 1.84. The zero-order chi connectivity index (χ0) is 15.5. The molecule has 0 unspecified atom stereocenters. The zero-order valence-electron chi connectivity index (χ0n) is 12.0. The Kier molecular flexibility index (Phi) is 3.57. The first-order valence-electron chi connectivity index (χ1n) is 6.78. The van der Waals surface area contributed by atoms with Crippen LogP contribution in [-0.2, 0) is 4.79 Å². The Morgan fingerprint density at radius 3 is 2.32 bits per heavy atom. The van der Waals surface area contributed by atoms with Gasteiger partial charge in [0.2, 0.25) is 5.91 Å². The zero-order valence-corrected chi connectivity index (χ0v) is 12.0. The van der Waals surface area contributed by atoms with E-state index in [4.69, 9.17) is 5.73 Å². The van der Waals surface area contributed by atoms with Crippen LogP contribution in [0.25, 0.3) is 22.8 Å². The molecule has 0 aliphatic carbocycles. The van der Waals surface area contributed by atoms with Crippen molar-refractivity contribution in [3.05, 3.63) is 48.5 Å². The van der Waals surface area contributed by atoms with E-state index < -0.39 is 0 Å². The van der Waals surface area contributed by atoms with Crippen molar-refractivity contribution >= 4 is 17.3 Å². The minimum Gasteiger partial charge on any atom is -0.399 e. The molecule has 3 aromatic rings. The van der Waals surface area contributed by atoms with Gasteiger partial charge in [-0.25, -0.2) is 4.98 Å². The third kappa shape index (κ3) is 2.95. The number of carbonyl (C=O) groups is 1. The maximum Gasteiger partial charge on any atom is 0.221 e. The highest BCUT2D eigenvalue weighted by atomic mass is 16.1. The van der Waals surface area contributed by atoms with Crippen LogP contribution in [0.4, 0.5) is 11.4 Å². The first kappa shape index (κ1) is 13.8. The number of aromatic amines is 1. The number of aromatic nitrogens is 3. The van der Waals surface area contributed by atoms with E-state index in [2.05, 4.69) is 20.5 Å². The molecule has 0 saturated heterocycles. The van der Waals surface area contributed by atoms with Crippen molar-refractivity contribution in [2.24, 2.45) is 0 Å². The van der Waals surface area contributed by atoms with Crippen molar-refractivity contribution in [1.82, 2.24) is 15.2 Å². The molecular weight excluding hydrogens is 278 g/mol. The van der Waals surface area contributed by atoms with Gasteiger partial charge in [-0.05, 0) is 48.5 Å². The first-order chi connectivity index (χ1) is 10.6. The molecule has 0 fully saturated rings. The predicted octanol–water partition coefficient (Wildman–Crippen LogP) is 2.68. The summed E-state index contributed by atoms with van der Waals surface area (Å²) in [5.41, 5.74) is 8.91. The number of anilines is 2. The van der Waals surface area contributed by atoms with Gasteiger partial charge in [0.15, 0.2) is 11.6 Å². The molecular formula is C16H15N5O. The quantitative estimate of drug-likeness (QED) is 0.647. The van der Waals surface area contributed by atoms with Gasteiger partial charge in [-0.15, -0.1) is 0 Å². The van der Waals surface area contributed by atoms with Gasteiger partial charge in [0.05, 0.1) is 0 Å². The fourth-order valence-corrected chi connectivity index (χ4v) is 2.07. The normalized spacial score (nSPS) is 10.4. The van der Waals surface area contributed by atoms with E-state index in [1.165, 1.54) is 6.92 Å². The summed E-state index contributed by atoms with van der Waals surface area (Å²) in [6, 6.07) is 14.8. The number of carbonyl (C=O) groups excluding carboxylic acids is 1. The molecule has 0 aliphatic heterocycles. The average Bonchev–Trinajstić information content (AvgIpc) is 2.98. The van der Waals surface area contributed by atoms with Crippen LogP contribution in [-0.4, -0.2) is 21.1 Å². The van der Waals surface area contributed by atoms with Gasteiger partial charge < -0.3 is 11.1 Å². The van der Waals surface area contributed by atoms with E-state index >= 15 is 0 Å². The van der Waals surface area contributed by atoms with Crippen LogP contribution in [0.15, 0.2) is 48.5 Å². The lowest BCUT2D eigenvalue weighted by molar-refractivity contribution is -0.114. The molecule has 0 aliphatic rings. The number of nitrogens with zero attached hydrogens (tertiary/aromatic N) is 2. The number of H-pyrrole nitrogens is 1. The topological polar surface area (TPSA) is 96.7 Å². The molecule has 1 amide bonds. The van der Waals surface area contributed by atoms with Crippen LogP contribution < -0.4 is 11.1 Å². The number of nitrogens with one attached hydrogen (secondary N) is 2. The highest BCUT2D eigenvalue weighted by Crippen LogP contribution is 2.22. The molecule has 0 radical (unpaired) electrons. The van der Waals surface area contributed by atoms with Gasteiger partial charge in [-0.3, -0.25) is 9.89 Å². The van der Waals surface area contributed by atoms with Crippen LogP contribution in [0.3, 0.4) is 0 Å². The van der Waals surface area contributed by atoms with Crippen molar-refractivity contribution in [3.8, 4) is 22.8 Å². The number of benzene rings is 2. The second kappa shape index (κ2) is 5.69. The number of rotatable bonds is 3. The highest BCUT2D eigenvalue weighted by molar-refractivity contribution is 5.88. The van der Waals surface area contributed by atoms with Gasteiger partial charge in [-0.2, -0.15) is 5.10 Å². The van der Waals surface area contributed by atoms with Crippen LogP contribution >= 0.6 is 0 Å². The fourth-order valence-electron chi connectivity index (χ4n) is 2.07. The van der Waals surface area contributed by atoms with Gasteiger partial charge >= 0.3 is 0 Å². The van der Waals surface area contributed by atoms with Crippen molar-refractivity contribution in [3.63, 3.8) is 0 Å². The minimum absolute atomic E-state index is 0.101. The molecule has 6 nitrogen and oxygen atoms in total. The molecule has 6 heteroatoms. The van der Waals surface area contributed by atoms with Crippen LogP contribution in [0.5, 0.6) is 0 Å². The maximum absolute atomic E-state index is 11.0. The lowest BCUT2D eigenvalue weighted by Crippen LogP contribution is -2.05. The smallest absolute Gasteiger partial charge is 0.221 e. The third-order valence-corrected chi connectivity index (χ3v) is 3.13. The van der Waals surface area contributed by atoms with Gasteiger partial charge in [0.25, 0.3) is 0 Å². The second-order valence-electron chi connectivity index (χ2n) is 4.89. The lowest BCUT2D eigenvalue weighted by Gasteiger charge is -2.02. The molecule has 1 heterocycles. The molecule has 0 atom stereocenters. The standard InChI is InChI=1S/C16H15N5O/c1-10(22)18-14-8-4-12(5-9-14)16-19-15(20-21-16)11-2-6-13(17)7-3-11/h2-9H,17H2,1H3,(H,18,22)(H,19,20,21). The van der Waals surface area contributed by atoms with Crippen molar-refractivity contribution in [2.45, 2.75) is 6.92 Å². The Morgan fingerprint density at radius 2 is 1.68 bits per heavy atom. The Bertz CT molecular complexity index is 790. The Labute approximate surface area is 127 Å². The van der Waals surface area contributed by atoms with Crippen molar-refractivity contribution in [2.75, 3.05) is 11.1 Å². The summed E-state index contributed by atoms with van der Waals surface area (Å²) in [5.74, 6) is 1.18. The summed E-state index contributed by atoms with van der Waals surface area (Å²) in [5, 5.41) is 9.86. The number of amides is 1. The number of nitrogens with two attached hydrogens (primary N) is 1. The molecule has 4 N–H and O–H groups in total. The van der Waals surface area contributed by atoms with Crippen LogP contribution in [0, 0.1) is 0 Å². The molecule has 1 aromatic heterocycles. The second-order valence-corrected chi connectivity index (χ2v) is 4.89. The highest BCUT2D eigenvalue weighted by Gasteiger charge is 2.08. The van der Waals surface area contributed by atoms with Gasteiger partial charge in [0, 0.05) is 29.4 Å². The average molecular weight is 293 g/mol. The molecule has 0 spiro atoms. The summed E-state index contributed by atoms with van der Waals surface area (Å²) in [6.45, 7) is 1.47. The fraction of sp³-hybridized carbons (Fsp3) is 0.0625. The molecule has 22 heavy (non-hydrogen) atoms. The number of nitrogen functional groups attached to an aromatic ring is 1. The van der Waals surface area contributed by atoms with E-state index in [1.54, 1.807) is 0 Å². The summed E-state index contributed by atoms with van der Waals surface area (Å²) in [7, 11) is 0. The number of hydrogen-bond donors (Lipinski definition) is 3. The third-order valence-electron chi connectivity index (χ3n) is 3.13. The van der Waals surface area contributed by atoms with E-state index in [0.717, 1.165) is 16.8 Å². The molecule has 3 rings (SSSR count). The monoisotopic (exact) mass is 293 g/mol. The SMILES string of the molecule is CC(=O)Nc1ccc(-c2n[nH]c(-c3ccc(N)cc3)n2)cc1. The molecule has 110 valence electrons. The summed E-state index contributed by atoms with van der Waals surface area (Å²) < 4.78 is 0. The van der Waals surface area contributed by atoms with Crippen LogP contribution in [0.1, 0.15) is 6.92 Å². The summed E-state index contributed by atoms with van der Waals surface area (Å²) >= 11 is 0. The van der Waals surface area contributed by atoms with E-state index in [1.807, 2.05) is 48.5 Å². The van der Waals surface area contributed by atoms with Crippen molar-refractivity contribution < 1.29 is 4.79 Å². The van der Waals surface area contributed by atoms with Crippen molar-refractivity contribution in [1.29, 1.82) is 0 Å². The summed E-state index contributed by atoms with van der Waals surface area (Å²) in [6.07, 6.45) is 0. The maximum atomic E-state index is 11.0. The van der Waals surface area contributed by atoms with Gasteiger partial charge in [-0.1, -0.05) is 0 Å². The van der Waals surface area contributed by atoms with E-state index in [0.29, 0.717) is 17.3 Å². The Hall–Kier alpha value is -3.15. The molecule has 0 saturated carbocycles. The minimum atomic E-state index is -0.101. The van der Waals surface area contributed by atoms with Crippen LogP contribution in [0.2, 0.25) is 0 Å². The molecule has 2 aromatic carbocycles. The Morgan fingerprint density at radius 1 is 1.05 bits per heavy atom. The van der Waals surface area contributed by atoms with Gasteiger partial charge in [0.1, 0.15) is 0 Å². The lowest BCUT2D eigenvalue weighted by atomic mass is 10.2. The van der Waals surface area contributed by atoms with E-state index in [-0.39, 0.29) is 5.91 Å². The molecule has 0 bridgehead atoms. The first-order valence-corrected chi connectivity index (χ1v) is 6.78. The summed E-state index contributed by atoms with van der Waals surface area (Å²) in [4.78, 5) is 15.5.